The van der Waals surface area contributed by atoms with Crippen LogP contribution >= 0.6 is 0 Å². The van der Waals surface area contributed by atoms with Gasteiger partial charge in [0.1, 0.15) is 0 Å². The third kappa shape index (κ3) is 5.07. The highest BCUT2D eigenvalue weighted by Crippen LogP contribution is 2.59. The van der Waals surface area contributed by atoms with Crippen LogP contribution in [0.3, 0.4) is 0 Å². The fourth-order valence-electron chi connectivity index (χ4n) is 6.73. The van der Waals surface area contributed by atoms with Crippen molar-refractivity contribution in [3.8, 4) is 0 Å². The predicted molar refractivity (Wildman–Crippen MR) is 123 cm³/mol. The van der Waals surface area contributed by atoms with Crippen molar-refractivity contribution >= 4 is 0 Å². The van der Waals surface area contributed by atoms with Crippen molar-refractivity contribution in [1.82, 2.24) is 0 Å². The number of fused-ring (bicyclic) bond motifs is 1. The first-order valence-corrected chi connectivity index (χ1v) is 12.2. The summed E-state index contributed by atoms with van der Waals surface area (Å²) in [7, 11) is 0. The molecular weight excluding hydrogens is 356 g/mol. The fraction of sp³-hybridized carbons (Fsp3) is 0.778. The molecule has 0 bridgehead atoms. The number of aliphatic hydroxyl groups is 2. The zero-order valence-corrected chi connectivity index (χ0v) is 19.3. The zero-order chi connectivity index (χ0) is 21.2. The van der Waals surface area contributed by atoms with E-state index >= 15 is 0 Å². The Kier molecular flexibility index (Phi) is 7.49. The average Bonchev–Trinajstić information content (AvgIpc) is 3.00. The van der Waals surface area contributed by atoms with Gasteiger partial charge in [0.25, 0.3) is 0 Å². The number of allylic oxidation sites excluding steroid dienone is 3. The van der Waals surface area contributed by atoms with Crippen LogP contribution in [0.5, 0.6) is 0 Å². The lowest BCUT2D eigenvalue weighted by atomic mass is 9.60. The lowest BCUT2D eigenvalue weighted by Crippen LogP contribution is -2.36. The predicted octanol–water partition coefficient (Wildman–Crippen LogP) is 6.59. The molecule has 0 radical (unpaired) electrons. The van der Waals surface area contributed by atoms with Crippen molar-refractivity contribution in [3.63, 3.8) is 0 Å². The molecule has 3 aliphatic rings. The third-order valence-electron chi connectivity index (χ3n) is 8.43. The molecule has 0 aromatic rings. The summed E-state index contributed by atoms with van der Waals surface area (Å²) in [6.07, 6.45) is 15.2. The molecule has 3 aliphatic carbocycles. The van der Waals surface area contributed by atoms with Crippen LogP contribution in [-0.4, -0.2) is 22.4 Å². The van der Waals surface area contributed by atoms with Crippen molar-refractivity contribution in [2.24, 2.45) is 29.1 Å². The highest BCUT2D eigenvalue weighted by Gasteiger charge is 2.50. The summed E-state index contributed by atoms with van der Waals surface area (Å²) < 4.78 is 0. The topological polar surface area (TPSA) is 40.5 Å². The second-order valence-electron chi connectivity index (χ2n) is 11.0. The van der Waals surface area contributed by atoms with Crippen LogP contribution in [0.25, 0.3) is 0 Å². The third-order valence-corrected chi connectivity index (χ3v) is 8.43. The molecule has 2 nitrogen and oxygen atoms in total. The minimum atomic E-state index is -0.595. The van der Waals surface area contributed by atoms with Crippen LogP contribution in [0.1, 0.15) is 91.9 Å². The summed E-state index contributed by atoms with van der Waals surface area (Å²) in [5.41, 5.74) is 3.88. The summed E-state index contributed by atoms with van der Waals surface area (Å²) >= 11 is 0. The fourth-order valence-corrected chi connectivity index (χ4v) is 6.73. The first-order valence-electron chi connectivity index (χ1n) is 12.2. The molecule has 3 fully saturated rings. The highest BCUT2D eigenvalue weighted by atomic mass is 16.3. The highest BCUT2D eigenvalue weighted by molar-refractivity contribution is 5.38. The quantitative estimate of drug-likeness (QED) is 0.528. The average molecular weight is 401 g/mol. The minimum Gasteiger partial charge on any atom is -0.393 e. The molecule has 164 valence electrons. The normalized spacial score (nSPS) is 39.3. The Balaban J connectivity index is 1.71. The molecule has 0 unspecified atom stereocenters. The van der Waals surface area contributed by atoms with Gasteiger partial charge in [0, 0.05) is 6.42 Å². The van der Waals surface area contributed by atoms with E-state index in [9.17, 15) is 10.2 Å². The monoisotopic (exact) mass is 400 g/mol. The van der Waals surface area contributed by atoms with Gasteiger partial charge in [-0.25, -0.2) is 0 Å². The standard InChI is InChI=1S/C27H44O2/c1-18(2)8-6-9-19(3)24-13-14-25-21(10-7-15-27(24,25)5)11-12-22-16-23(28)17-26(29)20(22)4/h11-12,18-19,23-26,28-29H,4,6-10,13-17H2,1-3,5H3/b21-11+,22-12-/t19-,23-,24+,25-,26+,27+/m1/s1. The number of hydrogen-bond donors (Lipinski definition) is 2. The van der Waals surface area contributed by atoms with Crippen LogP contribution in [0.15, 0.2) is 35.5 Å². The maximum atomic E-state index is 10.1. The van der Waals surface area contributed by atoms with Crippen molar-refractivity contribution in [1.29, 1.82) is 0 Å². The molecule has 0 saturated heterocycles. The van der Waals surface area contributed by atoms with Crippen LogP contribution in [0.2, 0.25) is 0 Å². The minimum absolute atomic E-state index is 0.420. The van der Waals surface area contributed by atoms with Gasteiger partial charge in [0.2, 0.25) is 0 Å². The van der Waals surface area contributed by atoms with E-state index in [1.54, 1.807) is 5.57 Å². The Bertz CT molecular complexity index is 643. The van der Waals surface area contributed by atoms with Crippen molar-refractivity contribution in [3.05, 3.63) is 35.5 Å². The largest absolute Gasteiger partial charge is 0.393 e. The van der Waals surface area contributed by atoms with Gasteiger partial charge in [-0.2, -0.15) is 0 Å². The Morgan fingerprint density at radius 3 is 2.62 bits per heavy atom. The van der Waals surface area contributed by atoms with Gasteiger partial charge in [0.05, 0.1) is 12.2 Å². The SMILES string of the molecule is C=C1/C(=C\C=C2/CCC[C@]3(C)[C@@H]2CC[C@H]3[C@H](C)CCCC(C)C)C[C@@H](O)C[C@@H]1O. The van der Waals surface area contributed by atoms with Crippen LogP contribution in [0, 0.1) is 29.1 Å². The van der Waals surface area contributed by atoms with Gasteiger partial charge in [-0.1, -0.05) is 71.3 Å². The zero-order valence-electron chi connectivity index (χ0n) is 19.3. The number of aliphatic hydroxyl groups excluding tert-OH is 2. The van der Waals surface area contributed by atoms with Gasteiger partial charge in [-0.3, -0.25) is 0 Å². The molecule has 0 spiro atoms. The van der Waals surface area contributed by atoms with E-state index in [1.165, 1.54) is 51.4 Å². The molecule has 0 aliphatic heterocycles. The number of rotatable bonds is 6. The van der Waals surface area contributed by atoms with Crippen LogP contribution in [0.4, 0.5) is 0 Å². The summed E-state index contributed by atoms with van der Waals surface area (Å²) in [6, 6.07) is 0. The molecule has 0 amide bonds. The Morgan fingerprint density at radius 1 is 1.14 bits per heavy atom. The van der Waals surface area contributed by atoms with Gasteiger partial charge in [0.15, 0.2) is 0 Å². The van der Waals surface area contributed by atoms with E-state index in [0.29, 0.717) is 24.2 Å². The molecule has 3 saturated carbocycles. The Labute approximate surface area is 179 Å². The summed E-state index contributed by atoms with van der Waals surface area (Å²) in [5, 5.41) is 20.2. The summed E-state index contributed by atoms with van der Waals surface area (Å²) in [6.45, 7) is 13.8. The Morgan fingerprint density at radius 2 is 1.90 bits per heavy atom. The summed E-state index contributed by atoms with van der Waals surface area (Å²) in [4.78, 5) is 0. The van der Waals surface area contributed by atoms with E-state index in [1.807, 2.05) is 0 Å². The number of hydrogen-bond acceptors (Lipinski definition) is 2. The second kappa shape index (κ2) is 9.52. The van der Waals surface area contributed by atoms with E-state index in [2.05, 4.69) is 46.4 Å². The van der Waals surface area contributed by atoms with Gasteiger partial charge < -0.3 is 10.2 Å². The lowest BCUT2D eigenvalue weighted by Gasteiger charge is -2.44. The molecule has 0 aromatic carbocycles. The molecule has 2 heteroatoms. The van der Waals surface area contributed by atoms with Gasteiger partial charge >= 0.3 is 0 Å². The van der Waals surface area contributed by atoms with Crippen molar-refractivity contribution < 1.29 is 10.2 Å². The maximum absolute atomic E-state index is 10.1. The molecule has 0 heterocycles. The van der Waals surface area contributed by atoms with Gasteiger partial charge in [-0.05, 0) is 78.8 Å². The van der Waals surface area contributed by atoms with Gasteiger partial charge in [-0.15, -0.1) is 0 Å². The molecule has 6 atom stereocenters. The van der Waals surface area contributed by atoms with E-state index in [4.69, 9.17) is 0 Å². The Hall–Kier alpha value is -0.860. The molecule has 2 N–H and O–H groups in total. The van der Waals surface area contributed by atoms with Crippen molar-refractivity contribution in [2.45, 2.75) is 104 Å². The maximum Gasteiger partial charge on any atom is 0.0811 e. The molecule has 3 rings (SSSR count). The van der Waals surface area contributed by atoms with Crippen molar-refractivity contribution in [2.75, 3.05) is 0 Å². The first kappa shape index (κ1) is 22.8. The van der Waals surface area contributed by atoms with E-state index < -0.39 is 12.2 Å². The van der Waals surface area contributed by atoms with Crippen LogP contribution in [-0.2, 0) is 0 Å². The van der Waals surface area contributed by atoms with Crippen LogP contribution < -0.4 is 0 Å². The molecule has 0 aromatic heterocycles. The summed E-state index contributed by atoms with van der Waals surface area (Å²) in [5.74, 6) is 3.20. The lowest BCUT2D eigenvalue weighted by molar-refractivity contribution is 0.0861. The first-order chi connectivity index (χ1) is 13.7. The van der Waals surface area contributed by atoms with E-state index in [0.717, 1.165) is 28.9 Å². The second-order valence-corrected chi connectivity index (χ2v) is 11.0. The smallest absolute Gasteiger partial charge is 0.0811 e. The molecular formula is C27H44O2. The van der Waals surface area contributed by atoms with E-state index in [-0.39, 0.29) is 0 Å². The molecule has 29 heavy (non-hydrogen) atoms.